The number of carboxylic acids is 1. The number of carbonyl (C=O) groups is 2. The van der Waals surface area contributed by atoms with Gasteiger partial charge in [0.1, 0.15) is 24.0 Å². The van der Waals surface area contributed by atoms with E-state index in [9.17, 15) is 9.59 Å². The molecule has 0 radical (unpaired) electrons. The molecule has 59 heavy (non-hydrogen) atoms. The fraction of sp³-hybridized carbons (Fsp3) is 0.182. The molecule has 4 aromatic carbocycles. The number of benzene rings is 4. The maximum Gasteiger partial charge on any atom is 0.354 e. The molecule has 13 nitrogen and oxygen atoms in total. The summed E-state index contributed by atoms with van der Waals surface area (Å²) in [6.45, 7) is 2.54. The van der Waals surface area contributed by atoms with E-state index in [4.69, 9.17) is 5.11 Å². The number of hydrogen-bond acceptors (Lipinski definition) is 9. The maximum absolute atomic E-state index is 13.3. The summed E-state index contributed by atoms with van der Waals surface area (Å²) >= 11 is 6.88. The Morgan fingerprint density at radius 3 is 1.69 bits per heavy atom. The lowest BCUT2D eigenvalue weighted by Gasteiger charge is -2.21. The van der Waals surface area contributed by atoms with E-state index in [0.29, 0.717) is 30.1 Å². The van der Waals surface area contributed by atoms with Crippen molar-refractivity contribution in [2.45, 2.75) is 25.9 Å². The standard InChI is InChI=1S/C22H20BrN5O.C12H15BrN4.C10H7NO2/c1-27-15-24-21(26-27)14-28(13-12-16-6-9-18(23)10-7-16)22(29)20-11-8-17-4-2-3-5-19(17)25-20;1-17-9-15-12(16-17)8-14-7-6-10-2-4-11(13)5-3-10;12-10(13)9-6-5-7-3-1-2-4-8(7)11-9/h2-11,15H,12-14H2,1H3;2-5,9,14H,6-8H2,1H3;1-6H,(H,12,13). The molecular weight excluding hydrogens is 876 g/mol. The molecule has 0 atom stereocenters. The van der Waals surface area contributed by atoms with Crippen molar-refractivity contribution in [3.05, 3.63) is 177 Å². The number of para-hydroxylation sites is 2. The highest BCUT2D eigenvalue weighted by Gasteiger charge is 2.20. The van der Waals surface area contributed by atoms with Crippen LogP contribution in [-0.2, 0) is 40.0 Å². The van der Waals surface area contributed by atoms with E-state index in [1.807, 2.05) is 74.8 Å². The third kappa shape index (κ3) is 12.9. The van der Waals surface area contributed by atoms with Gasteiger partial charge >= 0.3 is 5.97 Å². The van der Waals surface area contributed by atoms with Gasteiger partial charge in [-0.2, -0.15) is 10.2 Å². The average molecular weight is 919 g/mol. The second-order valence-corrected chi connectivity index (χ2v) is 15.2. The first-order chi connectivity index (χ1) is 28.6. The van der Waals surface area contributed by atoms with Crippen LogP contribution in [0.1, 0.15) is 43.8 Å². The highest BCUT2D eigenvalue weighted by molar-refractivity contribution is 9.10. The Labute approximate surface area is 358 Å². The van der Waals surface area contributed by atoms with Crippen molar-refractivity contribution in [2.75, 3.05) is 13.1 Å². The number of halogens is 2. The van der Waals surface area contributed by atoms with Crippen molar-refractivity contribution in [3.63, 3.8) is 0 Å². The number of carboxylic acid groups (broad SMARTS) is 1. The normalized spacial score (nSPS) is 10.7. The van der Waals surface area contributed by atoms with E-state index in [1.54, 1.807) is 45.1 Å². The van der Waals surface area contributed by atoms with Gasteiger partial charge in [-0.25, -0.2) is 24.7 Å². The Hall–Kier alpha value is -6.16. The fourth-order valence-corrected chi connectivity index (χ4v) is 6.40. The average Bonchev–Trinajstić information content (AvgIpc) is 3.88. The molecule has 0 aliphatic rings. The van der Waals surface area contributed by atoms with Gasteiger partial charge in [-0.15, -0.1) is 0 Å². The first-order valence-corrected chi connectivity index (χ1v) is 20.3. The number of rotatable bonds is 12. The molecule has 8 rings (SSSR count). The summed E-state index contributed by atoms with van der Waals surface area (Å²) in [7, 11) is 3.69. The topological polar surface area (TPSA) is 157 Å². The second kappa shape index (κ2) is 21.0. The number of fused-ring (bicyclic) bond motifs is 2. The first-order valence-electron chi connectivity index (χ1n) is 18.7. The number of aryl methyl sites for hydroxylation is 2. The van der Waals surface area contributed by atoms with Crippen molar-refractivity contribution in [3.8, 4) is 0 Å². The summed E-state index contributed by atoms with van der Waals surface area (Å²) in [5.74, 6) is 0.326. The van der Waals surface area contributed by atoms with E-state index < -0.39 is 5.97 Å². The predicted octanol–water partition coefficient (Wildman–Crippen LogP) is 7.85. The molecule has 0 bridgehead atoms. The predicted molar refractivity (Wildman–Crippen MR) is 235 cm³/mol. The van der Waals surface area contributed by atoms with Crippen LogP contribution >= 0.6 is 31.9 Å². The molecule has 15 heteroatoms. The van der Waals surface area contributed by atoms with Crippen molar-refractivity contribution in [2.24, 2.45) is 14.1 Å². The Balaban J connectivity index is 0.000000165. The number of aromatic nitrogens is 8. The third-order valence-electron chi connectivity index (χ3n) is 8.92. The van der Waals surface area contributed by atoms with Crippen LogP contribution in [0.25, 0.3) is 21.8 Å². The van der Waals surface area contributed by atoms with Gasteiger partial charge in [0.05, 0.1) is 24.1 Å². The number of nitrogens with zero attached hydrogens (tertiary/aromatic N) is 9. The highest BCUT2D eigenvalue weighted by Crippen LogP contribution is 2.17. The molecule has 300 valence electrons. The van der Waals surface area contributed by atoms with Crippen molar-refractivity contribution >= 4 is 65.5 Å². The molecule has 1 amide bonds. The van der Waals surface area contributed by atoms with E-state index in [1.165, 1.54) is 11.6 Å². The number of carbonyl (C=O) groups excluding carboxylic acids is 1. The van der Waals surface area contributed by atoms with Crippen molar-refractivity contribution in [1.29, 1.82) is 0 Å². The van der Waals surface area contributed by atoms with Gasteiger partial charge in [-0.1, -0.05) is 105 Å². The third-order valence-corrected chi connectivity index (χ3v) is 9.98. The molecule has 0 saturated carbocycles. The molecular formula is C44H42Br2N10O3. The van der Waals surface area contributed by atoms with Gasteiger partial charge in [-0.05, 0) is 79.0 Å². The number of amides is 1. The van der Waals surface area contributed by atoms with E-state index in [0.717, 1.165) is 62.6 Å². The smallest absolute Gasteiger partial charge is 0.354 e. The molecule has 0 unspecified atom stereocenters. The minimum Gasteiger partial charge on any atom is -0.477 e. The molecule has 0 spiro atoms. The van der Waals surface area contributed by atoms with Crippen molar-refractivity contribution in [1.82, 2.24) is 49.7 Å². The van der Waals surface area contributed by atoms with Crippen LogP contribution in [-0.4, -0.2) is 74.5 Å². The first kappa shape index (κ1) is 42.4. The Morgan fingerprint density at radius 1 is 0.644 bits per heavy atom. The molecule has 2 N–H and O–H groups in total. The largest absolute Gasteiger partial charge is 0.477 e. The summed E-state index contributed by atoms with van der Waals surface area (Å²) < 4.78 is 5.51. The molecule has 0 saturated heterocycles. The second-order valence-electron chi connectivity index (χ2n) is 13.4. The van der Waals surface area contributed by atoms with Gasteiger partial charge in [0.25, 0.3) is 5.91 Å². The van der Waals surface area contributed by atoms with Crippen LogP contribution in [0.5, 0.6) is 0 Å². The molecule has 0 fully saturated rings. The summed E-state index contributed by atoms with van der Waals surface area (Å²) in [4.78, 5) is 42.6. The summed E-state index contributed by atoms with van der Waals surface area (Å²) in [6, 6.07) is 38.7. The Morgan fingerprint density at radius 2 is 1.15 bits per heavy atom. The van der Waals surface area contributed by atoms with Crippen LogP contribution in [0.4, 0.5) is 0 Å². The zero-order valence-electron chi connectivity index (χ0n) is 32.5. The Bertz CT molecular complexity index is 2610. The van der Waals surface area contributed by atoms with Crippen LogP contribution in [0, 0.1) is 0 Å². The molecule has 4 heterocycles. The van der Waals surface area contributed by atoms with Crippen molar-refractivity contribution < 1.29 is 14.7 Å². The van der Waals surface area contributed by atoms with Gasteiger partial charge < -0.3 is 15.3 Å². The van der Waals surface area contributed by atoms with Gasteiger partial charge in [0.15, 0.2) is 11.6 Å². The monoisotopic (exact) mass is 916 g/mol. The zero-order valence-corrected chi connectivity index (χ0v) is 35.7. The SMILES string of the molecule is Cn1cnc(CN(CCc2ccc(Br)cc2)C(=O)c2ccc3ccccc3n2)n1.Cn1cnc(CNCCc2ccc(Br)cc2)n1.O=C(O)c1ccc2ccccc2n1. The number of nitrogens with one attached hydrogen (secondary N) is 1. The minimum atomic E-state index is -0.995. The summed E-state index contributed by atoms with van der Waals surface area (Å²) in [6.07, 6.45) is 5.10. The molecule has 8 aromatic rings. The van der Waals surface area contributed by atoms with Gasteiger partial charge in [0.2, 0.25) is 0 Å². The number of hydrogen-bond donors (Lipinski definition) is 2. The lowest BCUT2D eigenvalue weighted by atomic mass is 10.1. The lowest BCUT2D eigenvalue weighted by molar-refractivity contribution is 0.0689. The quantitative estimate of drug-likeness (QED) is 0.116. The minimum absolute atomic E-state index is 0.0821. The molecule has 4 aromatic heterocycles. The van der Waals surface area contributed by atoms with Crippen LogP contribution in [0.2, 0.25) is 0 Å². The fourth-order valence-electron chi connectivity index (χ4n) is 5.88. The summed E-state index contributed by atoms with van der Waals surface area (Å²) in [5.41, 5.74) is 4.51. The van der Waals surface area contributed by atoms with E-state index in [-0.39, 0.29) is 11.6 Å². The Kier molecular flexibility index (Phi) is 15.1. The summed E-state index contributed by atoms with van der Waals surface area (Å²) in [5, 5.41) is 22.5. The van der Waals surface area contributed by atoms with Crippen LogP contribution in [0.3, 0.4) is 0 Å². The van der Waals surface area contributed by atoms with E-state index >= 15 is 0 Å². The van der Waals surface area contributed by atoms with Crippen LogP contribution in [0.15, 0.2) is 143 Å². The van der Waals surface area contributed by atoms with Gasteiger partial charge in [0, 0.05) is 40.4 Å². The zero-order chi connectivity index (χ0) is 41.6. The highest BCUT2D eigenvalue weighted by atomic mass is 79.9. The molecule has 0 aliphatic carbocycles. The van der Waals surface area contributed by atoms with E-state index in [2.05, 4.69) is 104 Å². The van der Waals surface area contributed by atoms with Crippen LogP contribution < -0.4 is 5.32 Å². The van der Waals surface area contributed by atoms with Gasteiger partial charge in [-0.3, -0.25) is 14.2 Å². The lowest BCUT2D eigenvalue weighted by Crippen LogP contribution is -2.33. The number of pyridine rings is 2. The number of aromatic carboxylic acids is 1. The maximum atomic E-state index is 13.3. The molecule has 0 aliphatic heterocycles.